The molecule has 0 bridgehead atoms. The Hall–Kier alpha value is -1.82. The Morgan fingerprint density at radius 1 is 1.14 bits per heavy atom. The largest absolute Gasteiger partial charge is 0.343 e. The molecular weight excluding hydrogens is 290 g/mol. The second kappa shape index (κ2) is 7.45. The minimum Gasteiger partial charge on any atom is -0.343 e. The number of hydrogen-bond donors (Lipinski definition) is 1. The van der Waals surface area contributed by atoms with E-state index in [0.717, 1.165) is 25.0 Å². The Kier molecular flexibility index (Phi) is 5.60. The molecule has 1 amide bonds. The molecule has 0 saturated carbocycles. The van der Waals surface area contributed by atoms with E-state index in [1.165, 1.54) is 6.07 Å². The van der Waals surface area contributed by atoms with Gasteiger partial charge in [-0.3, -0.25) is 9.59 Å². The van der Waals surface area contributed by atoms with Crippen LogP contribution in [0.25, 0.3) is 0 Å². The molecule has 2 N–H and O–H groups in total. The number of benzene rings is 1. The van der Waals surface area contributed by atoms with Crippen molar-refractivity contribution < 1.29 is 18.4 Å². The number of carbonyl (C=O) groups excluding carboxylic acids is 2. The summed E-state index contributed by atoms with van der Waals surface area (Å²) < 4.78 is 25.9. The van der Waals surface area contributed by atoms with Crippen LogP contribution < -0.4 is 5.73 Å². The first-order valence-corrected chi connectivity index (χ1v) is 7.47. The zero-order chi connectivity index (χ0) is 16.1. The summed E-state index contributed by atoms with van der Waals surface area (Å²) in [5, 5.41) is 0. The summed E-state index contributed by atoms with van der Waals surface area (Å²) >= 11 is 0. The minimum atomic E-state index is -1.05. The third-order valence-corrected chi connectivity index (χ3v) is 4.11. The molecule has 120 valence electrons. The van der Waals surface area contributed by atoms with Crippen LogP contribution in [0, 0.1) is 17.6 Å². The summed E-state index contributed by atoms with van der Waals surface area (Å²) in [6, 6.07) is 3.02. The van der Waals surface area contributed by atoms with Crippen LogP contribution >= 0.6 is 0 Å². The standard InChI is InChI=1S/C16H20F2N2O2/c17-13-2-1-12(9-14(13)18)15(21)3-4-16(22)20-7-5-11(10-19)6-8-20/h1-2,9,11H,3-8,10,19H2. The third kappa shape index (κ3) is 4.10. The maximum atomic E-state index is 13.1. The highest BCUT2D eigenvalue weighted by Gasteiger charge is 2.22. The predicted molar refractivity (Wildman–Crippen MR) is 78.3 cm³/mol. The lowest BCUT2D eigenvalue weighted by molar-refractivity contribution is -0.132. The van der Waals surface area contributed by atoms with Crippen molar-refractivity contribution in [2.45, 2.75) is 25.7 Å². The first-order valence-electron chi connectivity index (χ1n) is 7.47. The highest BCUT2D eigenvalue weighted by atomic mass is 19.2. The van der Waals surface area contributed by atoms with Crippen LogP contribution in [0.2, 0.25) is 0 Å². The predicted octanol–water partition coefficient (Wildman–Crippen LogP) is 2.12. The van der Waals surface area contributed by atoms with Gasteiger partial charge in [-0.15, -0.1) is 0 Å². The Labute approximate surface area is 128 Å². The highest BCUT2D eigenvalue weighted by Crippen LogP contribution is 2.17. The maximum absolute atomic E-state index is 13.1. The SMILES string of the molecule is NCC1CCN(C(=O)CCC(=O)c2ccc(F)c(F)c2)CC1. The van der Waals surface area contributed by atoms with Gasteiger partial charge in [0.1, 0.15) is 0 Å². The fraction of sp³-hybridized carbons (Fsp3) is 0.500. The van der Waals surface area contributed by atoms with Gasteiger partial charge < -0.3 is 10.6 Å². The van der Waals surface area contributed by atoms with E-state index in [-0.39, 0.29) is 30.1 Å². The number of likely N-dealkylation sites (tertiary alicyclic amines) is 1. The zero-order valence-corrected chi connectivity index (χ0v) is 12.4. The Bertz CT molecular complexity index is 555. The average Bonchev–Trinajstić information content (AvgIpc) is 2.54. The Balaban J connectivity index is 1.83. The normalized spacial score (nSPS) is 15.9. The molecule has 1 aromatic carbocycles. The van der Waals surface area contributed by atoms with E-state index in [4.69, 9.17) is 5.73 Å². The lowest BCUT2D eigenvalue weighted by atomic mass is 9.96. The molecular formula is C16H20F2N2O2. The van der Waals surface area contributed by atoms with E-state index in [2.05, 4.69) is 0 Å². The number of rotatable bonds is 5. The number of Topliss-reactive ketones (excluding diaryl/α,β-unsaturated/α-hetero) is 1. The van der Waals surface area contributed by atoms with E-state index in [1.54, 1.807) is 4.90 Å². The molecule has 1 aromatic rings. The number of nitrogens with two attached hydrogens (primary N) is 1. The monoisotopic (exact) mass is 310 g/mol. The topological polar surface area (TPSA) is 63.4 Å². The molecule has 1 aliphatic rings. The van der Waals surface area contributed by atoms with Crippen molar-refractivity contribution in [3.05, 3.63) is 35.4 Å². The van der Waals surface area contributed by atoms with Gasteiger partial charge in [0, 0.05) is 31.5 Å². The number of piperidine rings is 1. The van der Waals surface area contributed by atoms with Gasteiger partial charge in [0.05, 0.1) is 0 Å². The maximum Gasteiger partial charge on any atom is 0.223 e. The number of ketones is 1. The molecule has 0 unspecified atom stereocenters. The van der Waals surface area contributed by atoms with E-state index in [0.29, 0.717) is 25.6 Å². The molecule has 0 spiro atoms. The first-order chi connectivity index (χ1) is 10.5. The van der Waals surface area contributed by atoms with Crippen LogP contribution in [0.5, 0.6) is 0 Å². The van der Waals surface area contributed by atoms with Gasteiger partial charge in [-0.2, -0.15) is 0 Å². The van der Waals surface area contributed by atoms with Crippen molar-refractivity contribution in [3.63, 3.8) is 0 Å². The molecule has 4 nitrogen and oxygen atoms in total. The summed E-state index contributed by atoms with van der Waals surface area (Å²) in [6.45, 7) is 1.97. The van der Waals surface area contributed by atoms with E-state index >= 15 is 0 Å². The molecule has 0 aliphatic carbocycles. The van der Waals surface area contributed by atoms with Crippen molar-refractivity contribution in [3.8, 4) is 0 Å². The number of halogens is 2. The number of carbonyl (C=O) groups is 2. The van der Waals surface area contributed by atoms with Gasteiger partial charge in [0.25, 0.3) is 0 Å². The Morgan fingerprint density at radius 2 is 1.82 bits per heavy atom. The molecule has 1 aliphatic heterocycles. The van der Waals surface area contributed by atoms with Crippen LogP contribution in [0.3, 0.4) is 0 Å². The van der Waals surface area contributed by atoms with Gasteiger partial charge in [-0.1, -0.05) is 0 Å². The highest BCUT2D eigenvalue weighted by molar-refractivity contribution is 5.97. The molecule has 1 heterocycles. The fourth-order valence-electron chi connectivity index (χ4n) is 2.61. The smallest absolute Gasteiger partial charge is 0.223 e. The molecule has 1 saturated heterocycles. The lowest BCUT2D eigenvalue weighted by Crippen LogP contribution is -2.40. The molecule has 0 aromatic heterocycles. The van der Waals surface area contributed by atoms with Crippen LogP contribution in [0.15, 0.2) is 18.2 Å². The average molecular weight is 310 g/mol. The van der Waals surface area contributed by atoms with Crippen molar-refractivity contribution in [1.82, 2.24) is 4.90 Å². The van der Waals surface area contributed by atoms with Crippen molar-refractivity contribution in [2.75, 3.05) is 19.6 Å². The van der Waals surface area contributed by atoms with Crippen LogP contribution in [-0.2, 0) is 4.79 Å². The van der Waals surface area contributed by atoms with Gasteiger partial charge in [0.2, 0.25) is 5.91 Å². The summed E-state index contributed by atoms with van der Waals surface area (Å²) in [5.41, 5.74) is 5.70. The zero-order valence-electron chi connectivity index (χ0n) is 12.4. The van der Waals surface area contributed by atoms with Gasteiger partial charge in [0.15, 0.2) is 17.4 Å². The molecule has 6 heteroatoms. The van der Waals surface area contributed by atoms with Crippen molar-refractivity contribution >= 4 is 11.7 Å². The number of hydrogen-bond acceptors (Lipinski definition) is 3. The fourth-order valence-corrected chi connectivity index (χ4v) is 2.61. The summed E-state index contributed by atoms with van der Waals surface area (Å²) in [5.74, 6) is -2.01. The van der Waals surface area contributed by atoms with Crippen molar-refractivity contribution in [2.24, 2.45) is 11.7 Å². The Morgan fingerprint density at radius 3 is 2.41 bits per heavy atom. The summed E-state index contributed by atoms with van der Waals surface area (Å²) in [4.78, 5) is 25.7. The third-order valence-electron chi connectivity index (χ3n) is 4.11. The van der Waals surface area contributed by atoms with Gasteiger partial charge in [-0.25, -0.2) is 8.78 Å². The van der Waals surface area contributed by atoms with Gasteiger partial charge in [-0.05, 0) is 43.5 Å². The van der Waals surface area contributed by atoms with Gasteiger partial charge >= 0.3 is 0 Å². The lowest BCUT2D eigenvalue weighted by Gasteiger charge is -2.31. The van der Waals surface area contributed by atoms with Crippen molar-refractivity contribution in [1.29, 1.82) is 0 Å². The summed E-state index contributed by atoms with van der Waals surface area (Å²) in [7, 11) is 0. The summed E-state index contributed by atoms with van der Waals surface area (Å²) in [6.07, 6.45) is 1.87. The number of amides is 1. The van der Waals surface area contributed by atoms with E-state index < -0.39 is 11.6 Å². The van der Waals surface area contributed by atoms with Crippen LogP contribution in [0.1, 0.15) is 36.0 Å². The quantitative estimate of drug-likeness (QED) is 0.847. The molecule has 2 rings (SSSR count). The van der Waals surface area contributed by atoms with E-state index in [9.17, 15) is 18.4 Å². The number of nitrogens with zero attached hydrogens (tertiary/aromatic N) is 1. The molecule has 1 fully saturated rings. The molecule has 0 atom stereocenters. The molecule has 22 heavy (non-hydrogen) atoms. The minimum absolute atomic E-state index is 0.000717. The molecule has 0 radical (unpaired) electrons. The first kappa shape index (κ1) is 16.5. The van der Waals surface area contributed by atoms with E-state index in [1.807, 2.05) is 0 Å². The second-order valence-corrected chi connectivity index (χ2v) is 5.61. The van der Waals surface area contributed by atoms with Crippen LogP contribution in [0.4, 0.5) is 8.78 Å². The van der Waals surface area contributed by atoms with Crippen LogP contribution in [-0.4, -0.2) is 36.2 Å². The second-order valence-electron chi connectivity index (χ2n) is 5.61.